The molecule has 0 unspecified atom stereocenters. The average molecular weight is 410 g/mol. The summed E-state index contributed by atoms with van der Waals surface area (Å²) < 4.78 is 10.9. The van der Waals surface area contributed by atoms with Crippen molar-refractivity contribution in [2.45, 2.75) is 13.3 Å². The van der Waals surface area contributed by atoms with E-state index in [1.165, 1.54) is 18.4 Å². The lowest BCUT2D eigenvalue weighted by molar-refractivity contribution is 0.0849. The highest BCUT2D eigenvalue weighted by Crippen LogP contribution is 2.29. The third-order valence-corrected chi connectivity index (χ3v) is 5.05. The fourth-order valence-electron chi connectivity index (χ4n) is 2.71. The number of nitrogens with one attached hydrogen (secondary N) is 2. The van der Waals surface area contributed by atoms with Crippen LogP contribution in [0.25, 0.3) is 11.1 Å². The first-order valence-corrected chi connectivity index (χ1v) is 10.1. The van der Waals surface area contributed by atoms with Crippen molar-refractivity contribution in [3.05, 3.63) is 70.4 Å². The van der Waals surface area contributed by atoms with Crippen molar-refractivity contribution in [3.8, 4) is 22.6 Å². The summed E-state index contributed by atoms with van der Waals surface area (Å²) in [4.78, 5) is 25.5. The molecule has 0 atom stereocenters. The van der Waals surface area contributed by atoms with E-state index in [1.54, 1.807) is 18.2 Å². The Morgan fingerprint density at radius 2 is 1.72 bits per heavy atom. The molecule has 0 aliphatic rings. The molecule has 2 aromatic carbocycles. The number of hydrogen-bond donors (Lipinski definition) is 2. The predicted octanol–water partition coefficient (Wildman–Crippen LogP) is 4.29. The van der Waals surface area contributed by atoms with Gasteiger partial charge in [0, 0.05) is 11.1 Å². The van der Waals surface area contributed by atoms with Crippen LogP contribution in [0, 0.1) is 0 Å². The Balaban J connectivity index is 1.67. The number of hydrogen-bond acceptors (Lipinski definition) is 5. The Morgan fingerprint density at radius 1 is 0.966 bits per heavy atom. The lowest BCUT2D eigenvalue weighted by Crippen LogP contribution is -2.41. The van der Waals surface area contributed by atoms with Gasteiger partial charge in [0.05, 0.1) is 13.7 Å². The van der Waals surface area contributed by atoms with E-state index in [0.717, 1.165) is 17.5 Å². The number of thiophene rings is 1. The van der Waals surface area contributed by atoms with Crippen molar-refractivity contribution < 1.29 is 19.1 Å². The maximum absolute atomic E-state index is 12.6. The molecule has 0 radical (unpaired) electrons. The van der Waals surface area contributed by atoms with Crippen LogP contribution in [0.3, 0.4) is 0 Å². The highest BCUT2D eigenvalue weighted by molar-refractivity contribution is 7.12. The number of amides is 2. The van der Waals surface area contributed by atoms with E-state index in [1.807, 2.05) is 48.7 Å². The monoisotopic (exact) mass is 410 g/mol. The van der Waals surface area contributed by atoms with E-state index in [2.05, 4.69) is 10.9 Å². The second kappa shape index (κ2) is 9.75. The molecule has 2 N–H and O–H groups in total. The summed E-state index contributed by atoms with van der Waals surface area (Å²) in [5.74, 6) is 0.210. The van der Waals surface area contributed by atoms with Gasteiger partial charge in [-0.25, -0.2) is 0 Å². The standard InChI is InChI=1S/C22H22N2O4S/c1-3-12-28-18-10-9-16(14-19(18)27-2)21(25)23-24-22(26)20-17(11-13-29-20)15-7-5-4-6-8-15/h4-11,13-14H,3,12H2,1-2H3,(H,23,25)(H,24,26). The van der Waals surface area contributed by atoms with Gasteiger partial charge in [-0.3, -0.25) is 20.4 Å². The first-order chi connectivity index (χ1) is 14.1. The van der Waals surface area contributed by atoms with Crippen LogP contribution < -0.4 is 20.3 Å². The summed E-state index contributed by atoms with van der Waals surface area (Å²) in [6, 6.07) is 16.4. The largest absolute Gasteiger partial charge is 0.493 e. The highest BCUT2D eigenvalue weighted by atomic mass is 32.1. The van der Waals surface area contributed by atoms with Crippen molar-refractivity contribution in [2.24, 2.45) is 0 Å². The summed E-state index contributed by atoms with van der Waals surface area (Å²) in [7, 11) is 1.51. The molecule has 0 aliphatic carbocycles. The molecule has 7 heteroatoms. The molecule has 0 bridgehead atoms. The lowest BCUT2D eigenvalue weighted by Gasteiger charge is -2.12. The Morgan fingerprint density at radius 3 is 2.45 bits per heavy atom. The number of carbonyl (C=O) groups excluding carboxylic acids is 2. The molecule has 0 fully saturated rings. The number of methoxy groups -OCH3 is 1. The Kier molecular flexibility index (Phi) is 6.86. The third kappa shape index (κ3) is 4.94. The fraction of sp³-hybridized carbons (Fsp3) is 0.182. The molecule has 3 aromatic rings. The van der Waals surface area contributed by atoms with Crippen LogP contribution in [0.2, 0.25) is 0 Å². The van der Waals surface area contributed by atoms with Gasteiger partial charge < -0.3 is 9.47 Å². The van der Waals surface area contributed by atoms with Crippen LogP contribution in [-0.4, -0.2) is 25.5 Å². The number of ether oxygens (including phenoxy) is 2. The first kappa shape index (κ1) is 20.4. The van der Waals surface area contributed by atoms with E-state index < -0.39 is 5.91 Å². The van der Waals surface area contributed by atoms with E-state index >= 15 is 0 Å². The normalized spacial score (nSPS) is 10.3. The molecule has 29 heavy (non-hydrogen) atoms. The van der Waals surface area contributed by atoms with Gasteiger partial charge in [-0.05, 0) is 41.6 Å². The van der Waals surface area contributed by atoms with E-state index in [9.17, 15) is 9.59 Å². The zero-order chi connectivity index (χ0) is 20.6. The summed E-state index contributed by atoms with van der Waals surface area (Å²) in [5.41, 5.74) is 7.04. The molecule has 150 valence electrons. The Labute approximate surface area is 173 Å². The molecule has 0 saturated carbocycles. The number of benzene rings is 2. The van der Waals surface area contributed by atoms with Gasteiger partial charge in [0.25, 0.3) is 11.8 Å². The molecule has 1 heterocycles. The summed E-state index contributed by atoms with van der Waals surface area (Å²) in [5, 5.41) is 1.85. The van der Waals surface area contributed by atoms with Crippen LogP contribution >= 0.6 is 11.3 Å². The highest BCUT2D eigenvalue weighted by Gasteiger charge is 2.16. The SMILES string of the molecule is CCCOc1ccc(C(=O)NNC(=O)c2sccc2-c2ccccc2)cc1OC. The quantitative estimate of drug-likeness (QED) is 0.570. The van der Waals surface area contributed by atoms with Gasteiger partial charge in [0.2, 0.25) is 0 Å². The van der Waals surface area contributed by atoms with Gasteiger partial charge in [0.15, 0.2) is 11.5 Å². The summed E-state index contributed by atoms with van der Waals surface area (Å²) in [6.07, 6.45) is 0.866. The minimum atomic E-state index is -0.448. The first-order valence-electron chi connectivity index (χ1n) is 9.18. The van der Waals surface area contributed by atoms with E-state index in [-0.39, 0.29) is 5.91 Å². The van der Waals surface area contributed by atoms with Gasteiger partial charge in [-0.15, -0.1) is 11.3 Å². The van der Waals surface area contributed by atoms with Crippen molar-refractivity contribution in [3.63, 3.8) is 0 Å². The minimum absolute atomic E-state index is 0.348. The third-order valence-electron chi connectivity index (χ3n) is 4.13. The number of hydrazine groups is 1. The lowest BCUT2D eigenvalue weighted by atomic mass is 10.1. The zero-order valence-electron chi connectivity index (χ0n) is 16.2. The minimum Gasteiger partial charge on any atom is -0.493 e. The second-order valence-corrected chi connectivity index (χ2v) is 7.07. The van der Waals surface area contributed by atoms with E-state index in [0.29, 0.717) is 28.5 Å². The molecule has 0 spiro atoms. The van der Waals surface area contributed by atoms with Crippen molar-refractivity contribution in [1.82, 2.24) is 10.9 Å². The summed E-state index contributed by atoms with van der Waals surface area (Å²) in [6.45, 7) is 2.57. The molecule has 1 aromatic heterocycles. The molecule has 0 aliphatic heterocycles. The van der Waals surface area contributed by atoms with Gasteiger partial charge in [0.1, 0.15) is 4.88 Å². The Hall–Kier alpha value is -3.32. The number of rotatable bonds is 7. The Bertz CT molecular complexity index is 985. The second-order valence-electron chi connectivity index (χ2n) is 6.15. The molecule has 0 saturated heterocycles. The van der Waals surface area contributed by atoms with Gasteiger partial charge >= 0.3 is 0 Å². The predicted molar refractivity (Wildman–Crippen MR) is 113 cm³/mol. The molecular formula is C22H22N2O4S. The number of carbonyl (C=O) groups is 2. The topological polar surface area (TPSA) is 76.7 Å². The van der Waals surface area contributed by atoms with Crippen molar-refractivity contribution >= 4 is 23.2 Å². The van der Waals surface area contributed by atoms with Crippen LogP contribution in [0.4, 0.5) is 0 Å². The summed E-state index contributed by atoms with van der Waals surface area (Å²) >= 11 is 1.32. The van der Waals surface area contributed by atoms with Gasteiger partial charge in [-0.1, -0.05) is 37.3 Å². The van der Waals surface area contributed by atoms with E-state index in [4.69, 9.17) is 9.47 Å². The maximum Gasteiger partial charge on any atom is 0.280 e. The molecule has 3 rings (SSSR count). The van der Waals surface area contributed by atoms with Crippen LogP contribution in [0.5, 0.6) is 11.5 Å². The van der Waals surface area contributed by atoms with Gasteiger partial charge in [-0.2, -0.15) is 0 Å². The van der Waals surface area contributed by atoms with Crippen LogP contribution in [0.1, 0.15) is 33.4 Å². The molecular weight excluding hydrogens is 388 g/mol. The van der Waals surface area contributed by atoms with Crippen LogP contribution in [0.15, 0.2) is 60.0 Å². The maximum atomic E-state index is 12.6. The van der Waals surface area contributed by atoms with Crippen molar-refractivity contribution in [1.29, 1.82) is 0 Å². The zero-order valence-corrected chi connectivity index (χ0v) is 17.0. The van der Waals surface area contributed by atoms with Crippen molar-refractivity contribution in [2.75, 3.05) is 13.7 Å². The molecule has 2 amide bonds. The smallest absolute Gasteiger partial charge is 0.280 e. The fourth-order valence-corrected chi connectivity index (χ4v) is 3.52. The molecule has 6 nitrogen and oxygen atoms in total. The average Bonchev–Trinajstić information content (AvgIpc) is 3.26. The van der Waals surface area contributed by atoms with Crippen LogP contribution in [-0.2, 0) is 0 Å².